The molecule has 6 heteroatoms. The second-order valence-electron chi connectivity index (χ2n) is 5.53. The van der Waals surface area contributed by atoms with E-state index in [1.54, 1.807) is 30.9 Å². The zero-order valence-electron chi connectivity index (χ0n) is 12.9. The number of anilines is 1. The first kappa shape index (κ1) is 15.6. The number of amides is 1. The van der Waals surface area contributed by atoms with E-state index >= 15 is 0 Å². The Bertz CT molecular complexity index is 792. The second kappa shape index (κ2) is 5.71. The zero-order chi connectivity index (χ0) is 16.7. The predicted octanol–water partition coefficient (Wildman–Crippen LogP) is 2.73. The van der Waals surface area contributed by atoms with Gasteiger partial charge in [0.15, 0.2) is 0 Å². The van der Waals surface area contributed by atoms with Gasteiger partial charge in [0.05, 0.1) is 12.3 Å². The fourth-order valence-corrected chi connectivity index (χ4v) is 3.55. The van der Waals surface area contributed by atoms with Crippen molar-refractivity contribution in [2.24, 2.45) is 0 Å². The van der Waals surface area contributed by atoms with Gasteiger partial charge in [0.25, 0.3) is 5.91 Å². The van der Waals surface area contributed by atoms with Gasteiger partial charge in [0.2, 0.25) is 0 Å². The van der Waals surface area contributed by atoms with Gasteiger partial charge in [0.1, 0.15) is 17.6 Å². The van der Waals surface area contributed by atoms with Crippen molar-refractivity contribution < 1.29 is 14.3 Å². The number of esters is 1. The van der Waals surface area contributed by atoms with Crippen LogP contribution in [0.3, 0.4) is 0 Å². The Morgan fingerprint density at radius 2 is 2.26 bits per heavy atom. The maximum absolute atomic E-state index is 12.7. The number of carbonyl (C=O) groups excluding carboxylic acids is 2. The minimum atomic E-state index is -0.761. The Morgan fingerprint density at radius 1 is 1.52 bits per heavy atom. The maximum atomic E-state index is 12.7. The molecular weight excluding hydrogens is 316 g/mol. The van der Waals surface area contributed by atoms with Gasteiger partial charge in [-0.2, -0.15) is 5.26 Å². The fourth-order valence-electron chi connectivity index (χ4n) is 3.30. The number of halogens is 1. The van der Waals surface area contributed by atoms with Crippen LogP contribution in [0.25, 0.3) is 0 Å². The average Bonchev–Trinajstić information content (AvgIpc) is 2.93. The van der Waals surface area contributed by atoms with Crippen molar-refractivity contribution in [3.63, 3.8) is 0 Å². The van der Waals surface area contributed by atoms with Gasteiger partial charge in [-0.15, -0.1) is 0 Å². The van der Waals surface area contributed by atoms with E-state index in [0.717, 1.165) is 5.56 Å². The summed E-state index contributed by atoms with van der Waals surface area (Å²) >= 11 is 6.25. The van der Waals surface area contributed by atoms with Gasteiger partial charge in [-0.05, 0) is 43.0 Å². The Kier molecular flexibility index (Phi) is 3.87. The highest BCUT2D eigenvalue weighted by Gasteiger charge is 2.40. The lowest BCUT2D eigenvalue weighted by Gasteiger charge is -2.20. The van der Waals surface area contributed by atoms with Crippen molar-refractivity contribution in [1.82, 2.24) is 0 Å². The summed E-state index contributed by atoms with van der Waals surface area (Å²) in [4.78, 5) is 26.7. The quantitative estimate of drug-likeness (QED) is 0.782. The first-order chi connectivity index (χ1) is 11.0. The smallest absolute Gasteiger partial charge is 0.317 e. The highest BCUT2D eigenvalue weighted by atomic mass is 35.5. The molecule has 0 fully saturated rings. The van der Waals surface area contributed by atoms with Crippen molar-refractivity contribution in [2.45, 2.75) is 26.2 Å². The van der Waals surface area contributed by atoms with E-state index in [0.29, 0.717) is 34.8 Å². The van der Waals surface area contributed by atoms with Crippen molar-refractivity contribution in [2.75, 3.05) is 18.1 Å². The van der Waals surface area contributed by atoms with E-state index in [9.17, 15) is 14.9 Å². The van der Waals surface area contributed by atoms with Gasteiger partial charge >= 0.3 is 5.97 Å². The molecule has 1 atom stereocenters. The van der Waals surface area contributed by atoms with Crippen LogP contribution in [0.4, 0.5) is 5.69 Å². The molecule has 23 heavy (non-hydrogen) atoms. The molecule has 118 valence electrons. The Hall–Kier alpha value is -2.32. The topological polar surface area (TPSA) is 70.4 Å². The summed E-state index contributed by atoms with van der Waals surface area (Å²) in [6, 6.07) is 5.44. The van der Waals surface area contributed by atoms with Gasteiger partial charge in [-0.25, -0.2) is 0 Å². The van der Waals surface area contributed by atoms with Crippen LogP contribution < -0.4 is 4.90 Å². The summed E-state index contributed by atoms with van der Waals surface area (Å²) in [5, 5.41) is 9.99. The molecule has 0 N–H and O–H groups in total. The summed E-state index contributed by atoms with van der Waals surface area (Å²) < 4.78 is 5.17. The van der Waals surface area contributed by atoms with Crippen LogP contribution in [-0.4, -0.2) is 25.0 Å². The first-order valence-electron chi connectivity index (χ1n) is 7.41. The second-order valence-corrected chi connectivity index (χ2v) is 5.93. The molecule has 0 aromatic heterocycles. The third-order valence-electron chi connectivity index (χ3n) is 4.34. The van der Waals surface area contributed by atoms with Crippen LogP contribution in [0.2, 0.25) is 5.02 Å². The van der Waals surface area contributed by atoms with Gasteiger partial charge in [-0.3, -0.25) is 9.59 Å². The third kappa shape index (κ3) is 2.22. The molecule has 2 aliphatic rings. The summed E-state index contributed by atoms with van der Waals surface area (Å²) in [7, 11) is 0. The Balaban J connectivity index is 2.30. The summed E-state index contributed by atoms with van der Waals surface area (Å²) in [6.07, 6.45) is 0.612. The predicted molar refractivity (Wildman–Crippen MR) is 85.2 cm³/mol. The normalized spacial score (nSPS) is 19.3. The minimum absolute atomic E-state index is 0.00299. The first-order valence-corrected chi connectivity index (χ1v) is 7.79. The maximum Gasteiger partial charge on any atom is 0.317 e. The molecule has 0 spiro atoms. The molecule has 0 saturated carbocycles. The van der Waals surface area contributed by atoms with Crippen molar-refractivity contribution >= 4 is 29.2 Å². The Labute approximate surface area is 139 Å². The highest BCUT2D eigenvalue weighted by Crippen LogP contribution is 2.45. The van der Waals surface area contributed by atoms with Crippen LogP contribution in [0, 0.1) is 11.3 Å². The lowest BCUT2D eigenvalue weighted by molar-refractivity contribution is -0.143. The molecule has 0 aliphatic carbocycles. The highest BCUT2D eigenvalue weighted by molar-refractivity contribution is 6.32. The number of hydrogen-bond donors (Lipinski definition) is 0. The van der Waals surface area contributed by atoms with Gasteiger partial charge in [0, 0.05) is 11.6 Å². The molecule has 0 bridgehead atoms. The molecule has 1 aromatic carbocycles. The SMILES string of the molecule is CCOC(=O)C1C(C)=C(C#N)C(=O)N2CCc3c(Cl)ccc1c32. The van der Waals surface area contributed by atoms with Crippen molar-refractivity contribution in [3.05, 3.63) is 39.4 Å². The molecule has 1 amide bonds. The largest absolute Gasteiger partial charge is 0.465 e. The molecule has 0 saturated heterocycles. The van der Waals surface area contributed by atoms with Crippen LogP contribution in [-0.2, 0) is 20.7 Å². The van der Waals surface area contributed by atoms with E-state index in [-0.39, 0.29) is 18.1 Å². The molecule has 1 aromatic rings. The number of rotatable bonds is 2. The zero-order valence-corrected chi connectivity index (χ0v) is 13.6. The number of carbonyl (C=O) groups is 2. The van der Waals surface area contributed by atoms with Crippen LogP contribution >= 0.6 is 11.6 Å². The van der Waals surface area contributed by atoms with Crippen LogP contribution in [0.15, 0.2) is 23.3 Å². The summed E-state index contributed by atoms with van der Waals surface area (Å²) in [5.41, 5.74) is 2.61. The lowest BCUT2D eigenvalue weighted by atomic mass is 9.88. The van der Waals surface area contributed by atoms with E-state index in [2.05, 4.69) is 0 Å². The average molecular weight is 331 g/mol. The summed E-state index contributed by atoms with van der Waals surface area (Å²) in [5.74, 6) is -1.59. The van der Waals surface area contributed by atoms with Crippen LogP contribution in [0.5, 0.6) is 0 Å². The van der Waals surface area contributed by atoms with E-state index in [1.165, 1.54) is 0 Å². The molecule has 5 nitrogen and oxygen atoms in total. The number of nitriles is 1. The van der Waals surface area contributed by atoms with E-state index in [4.69, 9.17) is 16.3 Å². The standard InChI is InChI=1S/C17H15ClN2O3/c1-3-23-17(22)14-9(2)12(8-19)16(21)20-7-6-10-13(18)5-4-11(14)15(10)20/h4-5,14H,3,6-7H2,1-2H3. The number of ether oxygens (including phenoxy) is 1. The van der Waals surface area contributed by atoms with E-state index in [1.807, 2.05) is 6.07 Å². The molecule has 0 radical (unpaired) electrons. The van der Waals surface area contributed by atoms with Crippen molar-refractivity contribution in [1.29, 1.82) is 5.26 Å². The van der Waals surface area contributed by atoms with E-state index < -0.39 is 11.9 Å². The molecule has 2 aliphatic heterocycles. The molecule has 1 unspecified atom stereocenters. The lowest BCUT2D eigenvalue weighted by Crippen LogP contribution is -2.29. The summed E-state index contributed by atoms with van der Waals surface area (Å²) in [6.45, 7) is 4.06. The number of hydrogen-bond acceptors (Lipinski definition) is 4. The third-order valence-corrected chi connectivity index (χ3v) is 4.70. The number of nitrogens with zero attached hydrogens (tertiary/aromatic N) is 2. The Morgan fingerprint density at radius 3 is 2.91 bits per heavy atom. The van der Waals surface area contributed by atoms with Crippen LogP contribution in [0.1, 0.15) is 30.9 Å². The molecule has 2 heterocycles. The number of benzene rings is 1. The fraction of sp³-hybridized carbons (Fsp3) is 0.353. The minimum Gasteiger partial charge on any atom is -0.465 e. The van der Waals surface area contributed by atoms with Gasteiger partial charge in [-0.1, -0.05) is 17.7 Å². The van der Waals surface area contributed by atoms with Crippen molar-refractivity contribution in [3.8, 4) is 6.07 Å². The molecular formula is C17H15ClN2O3. The monoisotopic (exact) mass is 330 g/mol. The van der Waals surface area contributed by atoms with Gasteiger partial charge < -0.3 is 9.64 Å². The molecule has 3 rings (SSSR count).